The Bertz CT molecular complexity index is 1210. The Morgan fingerprint density at radius 3 is 2.47 bits per heavy atom. The second-order valence-corrected chi connectivity index (χ2v) is 8.10. The van der Waals surface area contributed by atoms with E-state index in [4.69, 9.17) is 4.74 Å². The highest BCUT2D eigenvalue weighted by Gasteiger charge is 2.32. The molecule has 34 heavy (non-hydrogen) atoms. The van der Waals surface area contributed by atoms with Crippen LogP contribution in [0.1, 0.15) is 27.0 Å². The molecule has 1 amide bonds. The summed E-state index contributed by atoms with van der Waals surface area (Å²) < 4.78 is 44.8. The smallest absolute Gasteiger partial charge is 0.416 e. The summed E-state index contributed by atoms with van der Waals surface area (Å²) in [5.74, 6) is -0.921. The van der Waals surface area contributed by atoms with Crippen LogP contribution in [0.15, 0.2) is 66.7 Å². The summed E-state index contributed by atoms with van der Waals surface area (Å²) in [6.45, 7) is 1.43. The van der Waals surface area contributed by atoms with Gasteiger partial charge >= 0.3 is 12.1 Å². The summed E-state index contributed by atoms with van der Waals surface area (Å²) in [6, 6.07) is 17.4. The van der Waals surface area contributed by atoms with Gasteiger partial charge < -0.3 is 10.1 Å². The first kappa shape index (κ1) is 23.5. The lowest BCUT2D eigenvalue weighted by Crippen LogP contribution is -2.35. The number of esters is 1. The zero-order valence-electron chi connectivity index (χ0n) is 18.5. The molecule has 1 N–H and O–H groups in total. The van der Waals surface area contributed by atoms with E-state index in [9.17, 15) is 22.8 Å². The maximum atomic E-state index is 13.3. The summed E-state index contributed by atoms with van der Waals surface area (Å²) in [6.07, 6.45) is -3.89. The van der Waals surface area contributed by atoms with Crippen LogP contribution in [0.2, 0.25) is 0 Å². The zero-order chi connectivity index (χ0) is 24.3. The molecule has 4 rings (SSSR count). The van der Waals surface area contributed by atoms with Gasteiger partial charge in [-0.3, -0.25) is 14.5 Å². The number of carbonyl (C=O) groups excluding carboxylic acids is 2. The monoisotopic (exact) mass is 468 g/mol. The normalized spacial score (nSPS) is 13.8. The number of methoxy groups -OCH3 is 1. The lowest BCUT2D eigenvalue weighted by Gasteiger charge is -2.28. The van der Waals surface area contributed by atoms with Crippen LogP contribution in [0.3, 0.4) is 0 Å². The minimum absolute atomic E-state index is 0.0528. The number of hydrogen-bond acceptors (Lipinski definition) is 4. The molecule has 0 unspecified atom stereocenters. The van der Waals surface area contributed by atoms with E-state index >= 15 is 0 Å². The van der Waals surface area contributed by atoms with Gasteiger partial charge in [0.1, 0.15) is 0 Å². The van der Waals surface area contributed by atoms with Gasteiger partial charge in [-0.1, -0.05) is 42.5 Å². The second-order valence-electron chi connectivity index (χ2n) is 8.10. The molecule has 1 heterocycles. The number of nitrogens with one attached hydrogen (secondary N) is 1. The van der Waals surface area contributed by atoms with Crippen molar-refractivity contribution in [3.05, 3.63) is 89.0 Å². The van der Waals surface area contributed by atoms with Crippen LogP contribution in [0.4, 0.5) is 18.9 Å². The van der Waals surface area contributed by atoms with Crippen molar-refractivity contribution in [3.8, 4) is 11.1 Å². The first-order valence-corrected chi connectivity index (χ1v) is 10.7. The molecule has 5 nitrogen and oxygen atoms in total. The van der Waals surface area contributed by atoms with E-state index in [1.54, 1.807) is 36.4 Å². The van der Waals surface area contributed by atoms with Crippen molar-refractivity contribution in [2.24, 2.45) is 0 Å². The number of ether oxygens (including phenoxy) is 1. The van der Waals surface area contributed by atoms with E-state index in [1.165, 1.54) is 13.2 Å². The third kappa shape index (κ3) is 5.28. The van der Waals surface area contributed by atoms with Crippen LogP contribution in [-0.2, 0) is 28.7 Å². The van der Waals surface area contributed by atoms with E-state index in [1.807, 2.05) is 17.0 Å². The number of amides is 1. The van der Waals surface area contributed by atoms with Crippen molar-refractivity contribution in [2.45, 2.75) is 19.1 Å². The number of rotatable bonds is 5. The average Bonchev–Trinajstić information content (AvgIpc) is 2.83. The molecule has 0 fully saturated rings. The molecule has 1 aliphatic rings. The Kier molecular flexibility index (Phi) is 6.70. The molecular formula is C26H23F3N2O3. The summed E-state index contributed by atoms with van der Waals surface area (Å²) in [4.78, 5) is 26.6. The van der Waals surface area contributed by atoms with Crippen molar-refractivity contribution in [1.82, 2.24) is 4.90 Å². The molecule has 3 aromatic carbocycles. The van der Waals surface area contributed by atoms with Gasteiger partial charge in [-0.15, -0.1) is 0 Å². The van der Waals surface area contributed by atoms with Crippen molar-refractivity contribution in [1.29, 1.82) is 0 Å². The molecule has 0 aliphatic carbocycles. The van der Waals surface area contributed by atoms with Gasteiger partial charge in [0, 0.05) is 24.3 Å². The Labute approximate surface area is 195 Å². The summed E-state index contributed by atoms with van der Waals surface area (Å²) in [7, 11) is 1.35. The van der Waals surface area contributed by atoms with E-state index in [0.29, 0.717) is 36.3 Å². The number of anilines is 1. The largest absolute Gasteiger partial charge is 0.468 e. The molecule has 0 saturated carbocycles. The first-order valence-electron chi connectivity index (χ1n) is 10.7. The fourth-order valence-electron chi connectivity index (χ4n) is 4.05. The fourth-order valence-corrected chi connectivity index (χ4v) is 4.05. The van der Waals surface area contributed by atoms with Gasteiger partial charge in [-0.2, -0.15) is 13.2 Å². The standard InChI is InChI=1S/C26H23F3N2O3/c1-34-24(32)16-31-12-11-18-13-21(9-7-19(18)15-31)30-25(33)23-14-20(26(27,28)29)8-10-22(23)17-5-3-2-4-6-17/h2-10,13-14H,11-12,15-16H2,1H3,(H,30,33). The van der Waals surface area contributed by atoms with Crippen LogP contribution in [0.25, 0.3) is 11.1 Å². The molecule has 3 aromatic rings. The van der Waals surface area contributed by atoms with Crippen LogP contribution < -0.4 is 5.32 Å². The van der Waals surface area contributed by atoms with E-state index in [0.717, 1.165) is 23.3 Å². The lowest BCUT2D eigenvalue weighted by molar-refractivity contribution is -0.142. The minimum Gasteiger partial charge on any atom is -0.468 e. The number of benzene rings is 3. The quantitative estimate of drug-likeness (QED) is 0.526. The highest BCUT2D eigenvalue weighted by molar-refractivity contribution is 6.09. The van der Waals surface area contributed by atoms with Crippen molar-refractivity contribution < 1.29 is 27.5 Å². The number of nitrogens with zero attached hydrogens (tertiary/aromatic N) is 1. The molecule has 0 spiro atoms. The minimum atomic E-state index is -4.56. The topological polar surface area (TPSA) is 58.6 Å². The molecule has 0 saturated heterocycles. The second kappa shape index (κ2) is 9.69. The molecule has 8 heteroatoms. The number of carbonyl (C=O) groups is 2. The van der Waals surface area contributed by atoms with Gasteiger partial charge in [-0.25, -0.2) is 0 Å². The molecule has 0 radical (unpaired) electrons. The summed E-state index contributed by atoms with van der Waals surface area (Å²) in [5.41, 5.74) is 2.68. The number of halogens is 3. The van der Waals surface area contributed by atoms with E-state index < -0.39 is 17.6 Å². The van der Waals surface area contributed by atoms with E-state index in [-0.39, 0.29) is 18.1 Å². The first-order chi connectivity index (χ1) is 16.2. The Morgan fingerprint density at radius 1 is 1.00 bits per heavy atom. The SMILES string of the molecule is COC(=O)CN1CCc2cc(NC(=O)c3cc(C(F)(F)F)ccc3-c3ccccc3)ccc2C1. The molecular weight excluding hydrogens is 445 g/mol. The van der Waals surface area contributed by atoms with Crippen LogP contribution >= 0.6 is 0 Å². The van der Waals surface area contributed by atoms with E-state index in [2.05, 4.69) is 5.32 Å². The Morgan fingerprint density at radius 2 is 1.76 bits per heavy atom. The fraction of sp³-hybridized carbons (Fsp3) is 0.231. The van der Waals surface area contributed by atoms with Crippen molar-refractivity contribution >= 4 is 17.6 Å². The summed E-state index contributed by atoms with van der Waals surface area (Å²) in [5, 5.41) is 2.76. The van der Waals surface area contributed by atoms with Crippen LogP contribution in [0.5, 0.6) is 0 Å². The third-order valence-corrected chi connectivity index (χ3v) is 5.81. The summed E-state index contributed by atoms with van der Waals surface area (Å²) >= 11 is 0. The average molecular weight is 468 g/mol. The predicted octanol–water partition coefficient (Wildman–Crippen LogP) is 5.16. The highest BCUT2D eigenvalue weighted by atomic mass is 19.4. The Hall–Kier alpha value is -3.65. The lowest BCUT2D eigenvalue weighted by atomic mass is 9.96. The third-order valence-electron chi connectivity index (χ3n) is 5.81. The van der Waals surface area contributed by atoms with Gasteiger partial charge in [0.2, 0.25) is 0 Å². The maximum absolute atomic E-state index is 13.3. The van der Waals surface area contributed by atoms with Crippen molar-refractivity contribution in [2.75, 3.05) is 25.5 Å². The number of fused-ring (bicyclic) bond motifs is 1. The maximum Gasteiger partial charge on any atom is 0.416 e. The van der Waals surface area contributed by atoms with Crippen molar-refractivity contribution in [3.63, 3.8) is 0 Å². The van der Waals surface area contributed by atoms with Gasteiger partial charge in [-0.05, 0) is 52.9 Å². The Balaban J connectivity index is 1.59. The van der Waals surface area contributed by atoms with Crippen LogP contribution in [0, 0.1) is 0 Å². The van der Waals surface area contributed by atoms with Gasteiger partial charge in [0.05, 0.1) is 19.2 Å². The van der Waals surface area contributed by atoms with Gasteiger partial charge in [0.25, 0.3) is 5.91 Å². The zero-order valence-corrected chi connectivity index (χ0v) is 18.5. The molecule has 0 aromatic heterocycles. The number of alkyl halides is 3. The van der Waals surface area contributed by atoms with Crippen LogP contribution in [-0.4, -0.2) is 37.0 Å². The molecule has 1 aliphatic heterocycles. The molecule has 0 atom stereocenters. The molecule has 0 bridgehead atoms. The highest BCUT2D eigenvalue weighted by Crippen LogP contribution is 2.34. The molecule has 176 valence electrons. The van der Waals surface area contributed by atoms with Gasteiger partial charge in [0.15, 0.2) is 0 Å². The predicted molar refractivity (Wildman–Crippen MR) is 122 cm³/mol. The number of hydrogen-bond donors (Lipinski definition) is 1.